The fraction of sp³-hybridized carbons (Fsp3) is 0.455. The quantitative estimate of drug-likeness (QED) is 0.517. The smallest absolute Gasteiger partial charge is 0.276 e. The molecular weight excluding hydrogens is 326 g/mol. The van der Waals surface area contributed by atoms with E-state index in [9.17, 15) is 10.1 Å². The third-order valence-electron chi connectivity index (χ3n) is 5.65. The lowest BCUT2D eigenvalue weighted by molar-refractivity contribution is -0.386. The molecule has 1 aliphatic rings. The van der Waals surface area contributed by atoms with Crippen LogP contribution >= 0.6 is 0 Å². The number of nitro benzene ring substituents is 1. The van der Waals surface area contributed by atoms with E-state index in [1.165, 1.54) is 5.56 Å². The Labute approximate surface area is 155 Å². The summed E-state index contributed by atoms with van der Waals surface area (Å²) in [4.78, 5) is 11.4. The highest BCUT2D eigenvalue weighted by Crippen LogP contribution is 2.53. The predicted molar refractivity (Wildman–Crippen MR) is 104 cm³/mol. The Balaban J connectivity index is 2.22. The lowest BCUT2D eigenvalue weighted by Crippen LogP contribution is -2.31. The van der Waals surface area contributed by atoms with E-state index < -0.39 is 5.60 Å². The molecular formula is C22H27NO3. The zero-order valence-corrected chi connectivity index (χ0v) is 16.5. The molecule has 0 saturated carbocycles. The van der Waals surface area contributed by atoms with Gasteiger partial charge in [-0.15, -0.1) is 0 Å². The van der Waals surface area contributed by atoms with Crippen molar-refractivity contribution in [3.8, 4) is 5.75 Å². The molecule has 4 nitrogen and oxygen atoms in total. The summed E-state index contributed by atoms with van der Waals surface area (Å²) in [7, 11) is 0. The summed E-state index contributed by atoms with van der Waals surface area (Å²) in [6.07, 6.45) is 2.17. The van der Waals surface area contributed by atoms with E-state index in [2.05, 4.69) is 45.0 Å². The average Bonchev–Trinajstić information content (AvgIpc) is 2.85. The summed E-state index contributed by atoms with van der Waals surface area (Å²) in [5, 5.41) is 11.7. The second-order valence-corrected chi connectivity index (χ2v) is 7.85. The lowest BCUT2D eigenvalue weighted by atomic mass is 9.78. The van der Waals surface area contributed by atoms with E-state index in [1.807, 2.05) is 20.8 Å². The van der Waals surface area contributed by atoms with E-state index in [1.54, 1.807) is 0 Å². The van der Waals surface area contributed by atoms with Crippen molar-refractivity contribution < 1.29 is 9.66 Å². The van der Waals surface area contributed by atoms with Crippen LogP contribution in [0.4, 0.5) is 5.69 Å². The molecule has 138 valence electrons. The molecule has 0 amide bonds. The Kier molecular flexibility index (Phi) is 4.55. The van der Waals surface area contributed by atoms with Crippen LogP contribution in [-0.2, 0) is 6.42 Å². The molecule has 0 fully saturated rings. The number of aryl methyl sites for hydroxylation is 1. The molecule has 1 aliphatic heterocycles. The maximum atomic E-state index is 11.7. The third kappa shape index (κ3) is 2.77. The predicted octanol–water partition coefficient (Wildman–Crippen LogP) is 5.78. The Morgan fingerprint density at radius 3 is 2.23 bits per heavy atom. The molecule has 0 aromatic heterocycles. The number of nitrogens with zero attached hydrogens (tertiary/aromatic N) is 1. The van der Waals surface area contributed by atoms with E-state index in [0.29, 0.717) is 5.56 Å². The Morgan fingerprint density at radius 1 is 1.08 bits per heavy atom. The number of nitro groups is 1. The maximum Gasteiger partial charge on any atom is 0.276 e. The first-order valence-electron chi connectivity index (χ1n) is 9.25. The van der Waals surface area contributed by atoms with Crippen molar-refractivity contribution in [3.63, 3.8) is 0 Å². The Bertz CT molecular complexity index is 866. The molecule has 2 aromatic rings. The molecule has 2 aromatic carbocycles. The summed E-state index contributed by atoms with van der Waals surface area (Å²) in [5.74, 6) is 0.796. The number of ether oxygens (including phenoxy) is 1. The minimum absolute atomic E-state index is 0.0221. The first-order chi connectivity index (χ1) is 12.2. The van der Waals surface area contributed by atoms with Gasteiger partial charge in [0, 0.05) is 22.3 Å². The first kappa shape index (κ1) is 18.4. The van der Waals surface area contributed by atoms with Crippen LogP contribution in [0.25, 0.3) is 0 Å². The zero-order valence-electron chi connectivity index (χ0n) is 16.5. The van der Waals surface area contributed by atoms with E-state index >= 15 is 0 Å². The molecule has 1 unspecified atom stereocenters. The molecule has 1 heterocycles. The van der Waals surface area contributed by atoms with Gasteiger partial charge in [0.2, 0.25) is 0 Å². The van der Waals surface area contributed by atoms with Crippen molar-refractivity contribution in [2.75, 3.05) is 0 Å². The number of hydrogen-bond donors (Lipinski definition) is 0. The van der Waals surface area contributed by atoms with Crippen LogP contribution in [0.1, 0.15) is 66.5 Å². The van der Waals surface area contributed by atoms with Crippen molar-refractivity contribution >= 4 is 5.69 Å². The highest BCUT2D eigenvalue weighted by Gasteiger charge is 2.46. The van der Waals surface area contributed by atoms with Gasteiger partial charge in [-0.2, -0.15) is 0 Å². The second kappa shape index (κ2) is 6.42. The van der Waals surface area contributed by atoms with E-state index in [4.69, 9.17) is 4.74 Å². The zero-order chi connectivity index (χ0) is 19.2. The summed E-state index contributed by atoms with van der Waals surface area (Å²) in [6.45, 7) is 11.9. The normalized spacial score (nSPS) is 17.7. The van der Waals surface area contributed by atoms with Crippen LogP contribution in [0, 0.1) is 30.9 Å². The minimum atomic E-state index is -0.453. The summed E-state index contributed by atoms with van der Waals surface area (Å²) in [5.41, 5.74) is 5.48. The van der Waals surface area contributed by atoms with Crippen molar-refractivity contribution in [1.29, 1.82) is 0 Å². The number of benzene rings is 2. The monoisotopic (exact) mass is 353 g/mol. The van der Waals surface area contributed by atoms with Crippen LogP contribution < -0.4 is 4.74 Å². The van der Waals surface area contributed by atoms with Gasteiger partial charge in [0.05, 0.1) is 10.8 Å². The van der Waals surface area contributed by atoms with Crippen molar-refractivity contribution in [2.45, 2.75) is 65.9 Å². The molecule has 0 aliphatic carbocycles. The Hall–Kier alpha value is -2.36. The fourth-order valence-corrected chi connectivity index (χ4v) is 4.29. The molecule has 1 atom stereocenters. The van der Waals surface area contributed by atoms with Crippen molar-refractivity contribution in [1.82, 2.24) is 0 Å². The van der Waals surface area contributed by atoms with Gasteiger partial charge in [-0.3, -0.25) is 10.1 Å². The molecule has 3 rings (SSSR count). The standard InChI is InChI=1S/C22H27NO3/c1-7-8-16-9-11-17(12-10-16)19-18-15(4)20(23(24)25)13(2)14(3)21(18)26-22(19,5)6/h9-12,19H,7-8H2,1-6H3. The Morgan fingerprint density at radius 2 is 1.69 bits per heavy atom. The van der Waals surface area contributed by atoms with Gasteiger partial charge in [-0.05, 0) is 52.2 Å². The summed E-state index contributed by atoms with van der Waals surface area (Å²) >= 11 is 0. The molecule has 0 saturated heterocycles. The van der Waals surface area contributed by atoms with Crippen molar-refractivity contribution in [3.05, 3.63) is 67.8 Å². The molecule has 26 heavy (non-hydrogen) atoms. The number of rotatable bonds is 4. The van der Waals surface area contributed by atoms with Crippen LogP contribution in [0.15, 0.2) is 24.3 Å². The highest BCUT2D eigenvalue weighted by atomic mass is 16.6. The van der Waals surface area contributed by atoms with E-state index in [0.717, 1.165) is 40.8 Å². The van der Waals surface area contributed by atoms with Crippen LogP contribution in [0.3, 0.4) is 0 Å². The maximum absolute atomic E-state index is 11.7. The SMILES string of the molecule is CCCc1ccc(C2c3c(C)c([N+](=O)[O-])c(C)c(C)c3OC2(C)C)cc1. The van der Waals surface area contributed by atoms with Gasteiger partial charge in [-0.1, -0.05) is 37.6 Å². The first-order valence-corrected chi connectivity index (χ1v) is 9.25. The van der Waals surface area contributed by atoms with Crippen LogP contribution in [-0.4, -0.2) is 10.5 Å². The van der Waals surface area contributed by atoms with Gasteiger partial charge in [0.25, 0.3) is 5.69 Å². The van der Waals surface area contributed by atoms with Gasteiger partial charge in [0.15, 0.2) is 0 Å². The molecule has 0 N–H and O–H groups in total. The summed E-state index contributed by atoms with van der Waals surface area (Å²) < 4.78 is 6.34. The van der Waals surface area contributed by atoms with Crippen LogP contribution in [0.5, 0.6) is 5.75 Å². The number of hydrogen-bond acceptors (Lipinski definition) is 3. The molecule has 4 heteroatoms. The van der Waals surface area contributed by atoms with Crippen molar-refractivity contribution in [2.24, 2.45) is 0 Å². The van der Waals surface area contributed by atoms with E-state index in [-0.39, 0.29) is 16.5 Å². The largest absolute Gasteiger partial charge is 0.486 e. The minimum Gasteiger partial charge on any atom is -0.486 e. The van der Waals surface area contributed by atoms with Crippen LogP contribution in [0.2, 0.25) is 0 Å². The summed E-state index contributed by atoms with van der Waals surface area (Å²) in [6, 6.07) is 8.63. The van der Waals surface area contributed by atoms with Gasteiger partial charge < -0.3 is 4.74 Å². The lowest BCUT2D eigenvalue weighted by Gasteiger charge is -2.27. The molecule has 0 bridgehead atoms. The van der Waals surface area contributed by atoms with Gasteiger partial charge in [-0.25, -0.2) is 0 Å². The van der Waals surface area contributed by atoms with Gasteiger partial charge >= 0.3 is 0 Å². The fourth-order valence-electron chi connectivity index (χ4n) is 4.29. The second-order valence-electron chi connectivity index (χ2n) is 7.85. The average molecular weight is 353 g/mol. The molecule has 0 spiro atoms. The highest BCUT2D eigenvalue weighted by molar-refractivity contribution is 5.66. The topological polar surface area (TPSA) is 52.4 Å². The third-order valence-corrected chi connectivity index (χ3v) is 5.65. The number of fused-ring (bicyclic) bond motifs is 1. The molecule has 0 radical (unpaired) electrons. The van der Waals surface area contributed by atoms with Gasteiger partial charge in [0.1, 0.15) is 11.4 Å².